The number of hydrogen-bond acceptors (Lipinski definition) is 13. The molecule has 8 rings (SSSR count). The lowest BCUT2D eigenvalue weighted by molar-refractivity contribution is -0.144. The van der Waals surface area contributed by atoms with Crippen LogP contribution in [0.5, 0.6) is 0 Å². The van der Waals surface area contributed by atoms with Gasteiger partial charge in [-0.15, -0.1) is 17.3 Å². The van der Waals surface area contributed by atoms with E-state index in [2.05, 4.69) is 43.1 Å². The van der Waals surface area contributed by atoms with E-state index < -0.39 is 84.4 Å². The Morgan fingerprint density at radius 1 is 0.940 bits per heavy atom. The molecule has 1 fully saturated rings. The molecule has 3 aromatic carbocycles. The van der Waals surface area contributed by atoms with Crippen molar-refractivity contribution in [3.05, 3.63) is 106 Å². The molecule has 5 aromatic rings. The number of aliphatic hydroxyl groups excluding tert-OH is 1. The van der Waals surface area contributed by atoms with Crippen LogP contribution >= 0.6 is 18.9 Å². The quantitative estimate of drug-likeness (QED) is 0.0248. The van der Waals surface area contributed by atoms with Gasteiger partial charge in [0.2, 0.25) is 35.4 Å². The van der Waals surface area contributed by atoms with E-state index >= 15 is 0 Å². The minimum Gasteiger partial charge on any atom is -0.391 e. The maximum absolute atomic E-state index is 14.4. The summed E-state index contributed by atoms with van der Waals surface area (Å²) in [4.78, 5) is 137. The zero-order chi connectivity index (χ0) is 59.8. The molecule has 0 saturated carbocycles. The number of aliphatic hydroxyl groups is 1. The summed E-state index contributed by atoms with van der Waals surface area (Å²) in [6, 6.07) is 14.1. The summed E-state index contributed by atoms with van der Waals surface area (Å²) in [5.74, 6) is 2.65. The Kier molecular flexibility index (Phi) is 19.8. The lowest BCUT2D eigenvalue weighted by Gasteiger charge is -2.35. The smallest absolute Gasteiger partial charge is 0.391 e. The molecule has 0 bridgehead atoms. The Labute approximate surface area is 484 Å². The van der Waals surface area contributed by atoms with E-state index in [9.17, 15) is 57.8 Å². The number of likely N-dealkylation sites (tertiary alicyclic amines) is 1. The van der Waals surface area contributed by atoms with E-state index in [1.807, 2.05) is 70.2 Å². The average molecular weight is 1180 g/mol. The van der Waals surface area contributed by atoms with Gasteiger partial charge in [0.15, 0.2) is 0 Å². The van der Waals surface area contributed by atoms with Gasteiger partial charge in [0.1, 0.15) is 36.5 Å². The highest BCUT2D eigenvalue weighted by Gasteiger charge is 2.46. The molecule has 6 atom stereocenters. The second-order valence-corrected chi connectivity index (χ2v) is 24.7. The number of thiazole rings is 1. The SMILES string of the molecule is Cc1ncsc1-c1ccc(CNC(=O)[C@@H]2C[C@@H](O)CN2C(=O)[C@@H](NC(=O)CCCCCC#CCOC[C@H](CCC(N)=O)NC(=O)[C@@H]2Cc3cccc4c3N2C(=O)[C@@H](NC(=O)c2cc3cc(C(=O)P(=O)(O)O)ccc3[nH]2)CC4)C(C)(C)C)cc1. The Bertz CT molecular complexity index is 3390. The van der Waals surface area contributed by atoms with Crippen molar-refractivity contribution in [2.75, 3.05) is 24.7 Å². The number of para-hydroxylation sites is 1. The zero-order valence-electron chi connectivity index (χ0n) is 46.7. The summed E-state index contributed by atoms with van der Waals surface area (Å²) in [5, 5.41) is 22.5. The number of nitrogens with zero attached hydrogens (tertiary/aromatic N) is 3. The molecule has 10 N–H and O–H groups in total. The number of anilines is 1. The molecular formula is C59H70N9O13PS. The molecule has 0 aliphatic carbocycles. The third-order valence-electron chi connectivity index (χ3n) is 15.0. The Morgan fingerprint density at radius 3 is 2.41 bits per heavy atom. The molecule has 83 heavy (non-hydrogen) atoms. The largest absolute Gasteiger partial charge is 0.396 e. The molecule has 3 aliphatic heterocycles. The fourth-order valence-electron chi connectivity index (χ4n) is 10.7. The summed E-state index contributed by atoms with van der Waals surface area (Å²) in [6.45, 7) is 7.65. The number of primary amides is 1. The third kappa shape index (κ3) is 15.4. The maximum Gasteiger partial charge on any atom is 0.396 e. The normalized spacial score (nSPS) is 18.3. The van der Waals surface area contributed by atoms with Gasteiger partial charge in [-0.2, -0.15) is 0 Å². The Hall–Kier alpha value is -7.58. The van der Waals surface area contributed by atoms with Crippen LogP contribution in [-0.4, -0.2) is 133 Å². The van der Waals surface area contributed by atoms with Crippen LogP contribution in [0, 0.1) is 24.2 Å². The van der Waals surface area contributed by atoms with Crippen molar-refractivity contribution in [1.29, 1.82) is 0 Å². The van der Waals surface area contributed by atoms with E-state index in [0.29, 0.717) is 48.7 Å². The maximum atomic E-state index is 14.4. The second-order valence-electron chi connectivity index (χ2n) is 22.3. The van der Waals surface area contributed by atoms with Gasteiger partial charge in [-0.1, -0.05) is 75.6 Å². The summed E-state index contributed by atoms with van der Waals surface area (Å²) in [6.07, 6.45) is 2.64. The summed E-state index contributed by atoms with van der Waals surface area (Å²) < 4.78 is 17.4. The minimum absolute atomic E-state index is 0.0134. The Balaban J connectivity index is 0.781. The van der Waals surface area contributed by atoms with Gasteiger partial charge in [-0.3, -0.25) is 47.8 Å². The number of rotatable bonds is 23. The monoisotopic (exact) mass is 1180 g/mol. The van der Waals surface area contributed by atoms with Crippen LogP contribution in [0.4, 0.5) is 5.69 Å². The summed E-state index contributed by atoms with van der Waals surface area (Å²) in [5.41, 5.74) is 10.5. The Morgan fingerprint density at radius 2 is 1.70 bits per heavy atom. The van der Waals surface area contributed by atoms with Crippen LogP contribution in [0.3, 0.4) is 0 Å². The van der Waals surface area contributed by atoms with Crippen molar-refractivity contribution in [3.8, 4) is 22.3 Å². The highest BCUT2D eigenvalue weighted by molar-refractivity contribution is 7.70. The summed E-state index contributed by atoms with van der Waals surface area (Å²) in [7, 11) is -5.05. The number of amides is 7. The molecule has 0 spiro atoms. The molecule has 22 nitrogen and oxygen atoms in total. The molecule has 5 heterocycles. The number of nitrogens with two attached hydrogens (primary N) is 1. The molecule has 3 aliphatic rings. The van der Waals surface area contributed by atoms with Crippen molar-refractivity contribution < 1.29 is 62.6 Å². The van der Waals surface area contributed by atoms with Crippen LogP contribution < -0.4 is 31.9 Å². The number of nitrogens with one attached hydrogen (secondary N) is 5. The van der Waals surface area contributed by atoms with Gasteiger partial charge < -0.3 is 56.5 Å². The van der Waals surface area contributed by atoms with E-state index in [-0.39, 0.29) is 87.9 Å². The molecular weight excluding hydrogens is 1110 g/mol. The van der Waals surface area contributed by atoms with Crippen molar-refractivity contribution in [1.82, 2.24) is 36.1 Å². The van der Waals surface area contributed by atoms with Crippen molar-refractivity contribution >= 4 is 82.4 Å². The highest BCUT2D eigenvalue weighted by atomic mass is 32.1. The predicted octanol–water partition coefficient (Wildman–Crippen LogP) is 4.45. The first-order valence-corrected chi connectivity index (χ1v) is 30.1. The first-order valence-electron chi connectivity index (χ1n) is 27.6. The molecule has 0 unspecified atom stereocenters. The van der Waals surface area contributed by atoms with Crippen LogP contribution in [0.25, 0.3) is 21.3 Å². The van der Waals surface area contributed by atoms with E-state index in [1.54, 1.807) is 16.8 Å². The standard InChI is InChI=1S/C59H70N9O13PS/c1-34-51(83-33-62-34)37-17-15-35(16-18-37)30-61-54(73)46-29-42(69)31-67(46)57(76)52(59(2,3)4)66-49(71)14-9-7-5-6-8-10-25-81-32-41(21-24-48(60)70)63-55(74)47-28-38-13-11-12-36-19-23-44(56(75)68(47)50(36)38)65-53(72)45-27-40-26-39(20-22-43(40)64-45)58(77)82(78,79)80/h11-13,15-18,20,22,26-27,33,41-42,44,46-47,52,64,69H,5-7,9,14,19,21,23-25,28-32H2,1-4H3,(H2,60,70)(H,61,73)(H,63,74)(H,65,72)(H,66,71)(H2,78,79,80)/t41-,42+,44-,46-,47-,52+/m0/s1. The number of aryl methyl sites for hydroxylation is 2. The minimum atomic E-state index is -5.05. The van der Waals surface area contributed by atoms with Crippen LogP contribution in [0.1, 0.15) is 122 Å². The van der Waals surface area contributed by atoms with Gasteiger partial charge in [0.05, 0.1) is 40.5 Å². The van der Waals surface area contributed by atoms with Crippen molar-refractivity contribution in [2.45, 2.75) is 141 Å². The van der Waals surface area contributed by atoms with Gasteiger partial charge in [0.25, 0.3) is 11.4 Å². The zero-order valence-corrected chi connectivity index (χ0v) is 48.4. The van der Waals surface area contributed by atoms with Crippen LogP contribution in [0.15, 0.2) is 72.2 Å². The number of carbonyl (C=O) groups excluding carboxylic acids is 8. The van der Waals surface area contributed by atoms with E-state index in [1.165, 1.54) is 34.1 Å². The van der Waals surface area contributed by atoms with Crippen LogP contribution in [0.2, 0.25) is 0 Å². The lowest BCUT2D eigenvalue weighted by Crippen LogP contribution is -2.57. The number of H-pyrrole nitrogens is 1. The molecule has 1 saturated heterocycles. The fraction of sp³-hybridized carbons (Fsp3) is 0.441. The number of fused-ring (bicyclic) bond motifs is 1. The van der Waals surface area contributed by atoms with Gasteiger partial charge in [-0.25, -0.2) is 4.98 Å². The molecule has 440 valence electrons. The number of carbonyl (C=O) groups is 8. The number of aromatic amines is 1. The molecule has 0 radical (unpaired) electrons. The van der Waals surface area contributed by atoms with Gasteiger partial charge in [-0.05, 0) is 91.0 Å². The molecule has 7 amide bonds. The van der Waals surface area contributed by atoms with E-state index in [4.69, 9.17) is 10.5 Å². The highest BCUT2D eigenvalue weighted by Crippen LogP contribution is 2.41. The number of benzene rings is 3. The third-order valence-corrected chi connectivity index (χ3v) is 16.8. The first-order chi connectivity index (χ1) is 39.5. The number of unbranched alkanes of at least 4 members (excludes halogenated alkanes) is 3. The predicted molar refractivity (Wildman–Crippen MR) is 309 cm³/mol. The average Bonchev–Trinajstić information content (AvgIpc) is 4.45. The number of aromatic nitrogens is 2. The summed E-state index contributed by atoms with van der Waals surface area (Å²) >= 11 is 1.56. The van der Waals surface area contributed by atoms with Crippen molar-refractivity contribution in [2.24, 2.45) is 11.1 Å². The lowest BCUT2D eigenvalue weighted by atomic mass is 9.85. The molecule has 24 heteroatoms. The van der Waals surface area contributed by atoms with E-state index in [0.717, 1.165) is 32.8 Å². The van der Waals surface area contributed by atoms with Crippen molar-refractivity contribution in [3.63, 3.8) is 0 Å². The molecule has 2 aromatic heterocycles. The van der Waals surface area contributed by atoms with Crippen LogP contribution in [-0.2, 0) is 57.5 Å². The number of hydrogen-bond donors (Lipinski definition) is 9. The van der Waals surface area contributed by atoms with Gasteiger partial charge >= 0.3 is 7.60 Å². The fourth-order valence-corrected chi connectivity index (χ4v) is 11.9. The second kappa shape index (κ2) is 26.8. The van der Waals surface area contributed by atoms with Gasteiger partial charge in [0, 0.05) is 61.7 Å². The topological polar surface area (TPSA) is 333 Å². The number of β-amino-alcohol motifs (C(OH)–C–C–N with tert-alkyl or cyclic N) is 1. The number of ether oxygens (including phenoxy) is 1. The first kappa shape index (κ1) is 61.5.